The Labute approximate surface area is 236 Å². The van der Waals surface area contributed by atoms with Crippen LogP contribution in [0.5, 0.6) is 5.75 Å². The summed E-state index contributed by atoms with van der Waals surface area (Å²) in [6.07, 6.45) is -14.3. The SMILES string of the molecule is O=[N+]([O-])c1ccccc1O[C@@H]1O[C@H](CO)[C@H](O)[C@H](O)[C@H]1O.O=[N+]([O-])c1ccccc1[C@@]1(O)O[C@H](CO)[C@H](O)[C@H](O)[C@H]1O. The highest BCUT2D eigenvalue weighted by Crippen LogP contribution is 2.40. The van der Waals surface area contributed by atoms with Crippen LogP contribution < -0.4 is 4.74 Å². The predicted octanol–water partition coefficient (Wildman–Crippen LogP) is -3.01. The number of aliphatic hydroxyl groups is 9. The van der Waals surface area contributed by atoms with Crippen molar-refractivity contribution >= 4 is 11.4 Å². The van der Waals surface area contributed by atoms with Crippen LogP contribution in [0.3, 0.4) is 0 Å². The van der Waals surface area contributed by atoms with Crippen LogP contribution in [0, 0.1) is 20.2 Å². The zero-order valence-corrected chi connectivity index (χ0v) is 21.5. The number of nitro groups is 2. The maximum Gasteiger partial charge on any atom is 0.311 e. The van der Waals surface area contributed by atoms with Crippen molar-refractivity contribution in [3.8, 4) is 5.75 Å². The molecule has 2 aromatic carbocycles. The fourth-order valence-corrected chi connectivity index (χ4v) is 4.31. The van der Waals surface area contributed by atoms with Crippen molar-refractivity contribution in [3.05, 3.63) is 74.3 Å². The fraction of sp³-hybridized carbons (Fsp3) is 0.500. The average Bonchev–Trinajstić information content (AvgIpc) is 2.98. The van der Waals surface area contributed by atoms with Gasteiger partial charge in [-0.3, -0.25) is 20.2 Å². The van der Waals surface area contributed by atoms with E-state index in [4.69, 9.17) is 24.4 Å². The summed E-state index contributed by atoms with van der Waals surface area (Å²) in [5.74, 6) is -2.79. The van der Waals surface area contributed by atoms with Gasteiger partial charge in [0, 0.05) is 12.1 Å². The second kappa shape index (κ2) is 13.7. The van der Waals surface area contributed by atoms with Crippen molar-refractivity contribution in [1.82, 2.24) is 0 Å². The maximum atomic E-state index is 11.0. The Balaban J connectivity index is 0.000000230. The Hall–Kier alpha value is -3.40. The van der Waals surface area contributed by atoms with Gasteiger partial charge < -0.3 is 60.2 Å². The van der Waals surface area contributed by atoms with E-state index in [0.29, 0.717) is 0 Å². The number of rotatable bonds is 7. The van der Waals surface area contributed by atoms with Crippen LogP contribution in [0.2, 0.25) is 0 Å². The Kier molecular flexibility index (Phi) is 10.8. The van der Waals surface area contributed by atoms with E-state index in [9.17, 15) is 56.0 Å². The molecule has 2 aliphatic rings. The third kappa shape index (κ3) is 6.64. The first kappa shape index (κ1) is 33.1. The Bertz CT molecular complexity index is 1230. The lowest BCUT2D eigenvalue weighted by Crippen LogP contribution is -2.63. The molecule has 0 aromatic heterocycles. The molecule has 0 aliphatic carbocycles. The lowest BCUT2D eigenvalue weighted by Gasteiger charge is -2.45. The van der Waals surface area contributed by atoms with E-state index < -0.39 is 89.7 Å². The minimum atomic E-state index is -2.63. The van der Waals surface area contributed by atoms with E-state index in [1.54, 1.807) is 0 Å². The van der Waals surface area contributed by atoms with Crippen LogP contribution in [0.25, 0.3) is 0 Å². The minimum absolute atomic E-state index is 0.160. The number of benzene rings is 2. The summed E-state index contributed by atoms with van der Waals surface area (Å²) in [5, 5.41) is 109. The van der Waals surface area contributed by atoms with Gasteiger partial charge in [-0.1, -0.05) is 24.3 Å². The quantitative estimate of drug-likeness (QED) is 0.113. The molecular weight excluding hydrogens is 572 g/mol. The number of hydrogen-bond donors (Lipinski definition) is 9. The number of aliphatic hydroxyl groups excluding tert-OH is 8. The lowest BCUT2D eigenvalue weighted by atomic mass is 9.87. The molecule has 18 nitrogen and oxygen atoms in total. The van der Waals surface area contributed by atoms with Gasteiger partial charge >= 0.3 is 5.69 Å². The van der Waals surface area contributed by atoms with E-state index in [2.05, 4.69) is 0 Å². The van der Waals surface area contributed by atoms with Crippen molar-refractivity contribution in [2.24, 2.45) is 0 Å². The van der Waals surface area contributed by atoms with Crippen LogP contribution in [0.1, 0.15) is 5.56 Å². The molecule has 10 atom stereocenters. The largest absolute Gasteiger partial charge is 0.455 e. The third-order valence-electron chi connectivity index (χ3n) is 6.61. The number of nitrogens with zero attached hydrogens (tertiary/aromatic N) is 2. The smallest absolute Gasteiger partial charge is 0.311 e. The molecule has 2 fully saturated rings. The fourth-order valence-electron chi connectivity index (χ4n) is 4.31. The van der Waals surface area contributed by atoms with Crippen molar-refractivity contribution < 1.29 is 70.0 Å². The highest BCUT2D eigenvalue weighted by molar-refractivity contribution is 5.46. The zero-order valence-electron chi connectivity index (χ0n) is 21.5. The van der Waals surface area contributed by atoms with Gasteiger partial charge in [0.25, 0.3) is 5.69 Å². The van der Waals surface area contributed by atoms with Gasteiger partial charge in [-0.2, -0.15) is 0 Å². The van der Waals surface area contributed by atoms with Crippen LogP contribution >= 0.6 is 0 Å². The topological polar surface area (TPSA) is 296 Å². The summed E-state index contributed by atoms with van der Waals surface area (Å²) in [6, 6.07) is 10.4. The number of ether oxygens (including phenoxy) is 3. The van der Waals surface area contributed by atoms with Crippen LogP contribution in [0.4, 0.5) is 11.4 Å². The summed E-state index contributed by atoms with van der Waals surface area (Å²) in [7, 11) is 0. The first-order valence-corrected chi connectivity index (χ1v) is 12.3. The van der Waals surface area contributed by atoms with Gasteiger partial charge in [-0.15, -0.1) is 0 Å². The summed E-state index contributed by atoms with van der Waals surface area (Å²) >= 11 is 0. The molecule has 18 heteroatoms. The van der Waals surface area contributed by atoms with Gasteiger partial charge in [-0.05, 0) is 12.1 Å². The lowest BCUT2D eigenvalue weighted by molar-refractivity contribution is -0.396. The number of hydrogen-bond acceptors (Lipinski definition) is 16. The molecule has 2 saturated heterocycles. The van der Waals surface area contributed by atoms with Crippen LogP contribution in [0.15, 0.2) is 48.5 Å². The molecule has 42 heavy (non-hydrogen) atoms. The maximum absolute atomic E-state index is 11.0. The Morgan fingerprint density at radius 1 is 0.738 bits per heavy atom. The van der Waals surface area contributed by atoms with E-state index >= 15 is 0 Å². The standard InChI is InChI=1S/2C12H15NO8/c14-5-8-9(15)10(16)11(17)12(21-8)20-7-4-2-1-3-6(7)13(18)19;14-5-8-9(15)10(16)11(17)12(18,21-8)6-3-1-2-4-7(6)13(19)20/h1-4,8-12,14-17H,5H2;1-4,8-11,14-18H,5H2/t2*8-,9+,10+,11-,12-/m11/s1. The van der Waals surface area contributed by atoms with Gasteiger partial charge in [0.05, 0.1) is 28.6 Å². The zero-order chi connectivity index (χ0) is 31.4. The highest BCUT2D eigenvalue weighted by Gasteiger charge is 2.55. The molecular formula is C24H30N2O16. The van der Waals surface area contributed by atoms with Gasteiger partial charge in [-0.25, -0.2) is 0 Å². The molecule has 0 saturated carbocycles. The normalized spacial score (nSPS) is 34.5. The average molecular weight is 603 g/mol. The van der Waals surface area contributed by atoms with Crippen LogP contribution in [-0.2, 0) is 15.3 Å². The molecule has 0 radical (unpaired) electrons. The summed E-state index contributed by atoms with van der Waals surface area (Å²) in [4.78, 5) is 20.4. The molecule has 0 spiro atoms. The molecule has 232 valence electrons. The second-order valence-corrected chi connectivity index (χ2v) is 9.28. The van der Waals surface area contributed by atoms with E-state index in [1.165, 1.54) is 36.4 Å². The van der Waals surface area contributed by atoms with Crippen molar-refractivity contribution in [2.75, 3.05) is 13.2 Å². The van der Waals surface area contributed by atoms with Crippen molar-refractivity contribution in [1.29, 1.82) is 0 Å². The molecule has 2 aromatic rings. The van der Waals surface area contributed by atoms with E-state index in [0.717, 1.165) is 12.1 Å². The number of para-hydroxylation sites is 3. The summed E-state index contributed by atoms with van der Waals surface area (Å²) in [6.45, 7) is -1.37. The molecule has 2 aliphatic heterocycles. The predicted molar refractivity (Wildman–Crippen MR) is 134 cm³/mol. The van der Waals surface area contributed by atoms with Crippen molar-refractivity contribution in [3.63, 3.8) is 0 Å². The molecule has 0 amide bonds. The summed E-state index contributed by atoms with van der Waals surface area (Å²) < 4.78 is 15.4. The summed E-state index contributed by atoms with van der Waals surface area (Å²) in [5.41, 5.74) is -1.25. The van der Waals surface area contributed by atoms with Gasteiger partial charge in [0.2, 0.25) is 12.1 Å². The third-order valence-corrected chi connectivity index (χ3v) is 6.61. The first-order valence-electron chi connectivity index (χ1n) is 12.3. The number of nitro benzene ring substituents is 2. The van der Waals surface area contributed by atoms with E-state index in [-0.39, 0.29) is 17.0 Å². The second-order valence-electron chi connectivity index (χ2n) is 9.28. The molecule has 4 rings (SSSR count). The van der Waals surface area contributed by atoms with Gasteiger partial charge in [0.15, 0.2) is 5.75 Å². The highest BCUT2D eigenvalue weighted by atomic mass is 16.7. The monoisotopic (exact) mass is 602 g/mol. The molecule has 9 N–H and O–H groups in total. The van der Waals surface area contributed by atoms with Gasteiger partial charge in [0.1, 0.15) is 48.8 Å². The minimum Gasteiger partial charge on any atom is -0.455 e. The molecule has 0 bridgehead atoms. The molecule has 2 heterocycles. The molecule has 0 unspecified atom stereocenters. The Morgan fingerprint density at radius 2 is 1.26 bits per heavy atom. The first-order chi connectivity index (χ1) is 19.8. The van der Waals surface area contributed by atoms with Crippen molar-refractivity contribution in [2.45, 2.75) is 60.9 Å². The Morgan fingerprint density at radius 3 is 1.83 bits per heavy atom. The van der Waals surface area contributed by atoms with Crippen LogP contribution in [-0.4, -0.2) is 124 Å². The van der Waals surface area contributed by atoms with E-state index in [1.807, 2.05) is 0 Å².